The van der Waals surface area contributed by atoms with Gasteiger partial charge in [-0.05, 0) is 29.5 Å². The van der Waals surface area contributed by atoms with Crippen LogP contribution in [0.3, 0.4) is 0 Å². The highest BCUT2D eigenvalue weighted by molar-refractivity contribution is 6.31. The van der Waals surface area contributed by atoms with Gasteiger partial charge in [0.15, 0.2) is 0 Å². The number of amides is 1. The largest absolute Gasteiger partial charge is 0.491 e. The zero-order chi connectivity index (χ0) is 16.8. The second-order valence-corrected chi connectivity index (χ2v) is 5.10. The van der Waals surface area contributed by atoms with Crippen LogP contribution in [0.5, 0.6) is 5.75 Å². The van der Waals surface area contributed by atoms with Crippen LogP contribution in [0.25, 0.3) is 0 Å². The lowest BCUT2D eigenvalue weighted by molar-refractivity contribution is -0.389. The maximum Gasteiger partial charge on any atom is 0.389 e. The minimum atomic E-state index is -0.623. The Kier molecular flexibility index (Phi) is 5.53. The van der Waals surface area contributed by atoms with E-state index in [4.69, 9.17) is 16.3 Å². The summed E-state index contributed by atoms with van der Waals surface area (Å²) in [6.45, 7) is 2.32. The van der Waals surface area contributed by atoms with Crippen molar-refractivity contribution >= 4 is 29.0 Å². The molecule has 1 N–H and O–H groups in total. The molecule has 1 aromatic carbocycles. The normalized spacial score (nSPS) is 10.3. The number of nitrogens with zero attached hydrogens (tertiary/aromatic N) is 3. The minimum absolute atomic E-state index is 0.159. The molecule has 2 rings (SSSR count). The number of nitrogens with one attached hydrogen (secondary N) is 1. The van der Waals surface area contributed by atoms with Crippen molar-refractivity contribution < 1.29 is 14.5 Å². The number of nitro groups is 1. The molecule has 1 aromatic heterocycles. The number of halogens is 1. The lowest BCUT2D eigenvalue weighted by atomic mass is 10.3. The predicted octanol–water partition coefficient (Wildman–Crippen LogP) is 2.87. The third-order valence-electron chi connectivity index (χ3n) is 2.80. The Balaban J connectivity index is 2.06. The summed E-state index contributed by atoms with van der Waals surface area (Å²) in [5, 5.41) is 17.4. The number of rotatable bonds is 7. The van der Waals surface area contributed by atoms with Gasteiger partial charge in [-0.25, -0.2) is 0 Å². The molecule has 0 saturated heterocycles. The van der Waals surface area contributed by atoms with Gasteiger partial charge in [-0.15, -0.1) is 0 Å². The highest BCUT2D eigenvalue weighted by atomic mass is 35.5. The Morgan fingerprint density at radius 1 is 1.48 bits per heavy atom. The van der Waals surface area contributed by atoms with Gasteiger partial charge in [0.05, 0.1) is 29.7 Å². The molecule has 0 aliphatic rings. The molecule has 0 fully saturated rings. The van der Waals surface area contributed by atoms with Gasteiger partial charge < -0.3 is 20.2 Å². The Labute approximate surface area is 137 Å². The Morgan fingerprint density at radius 2 is 2.26 bits per heavy atom. The Hall–Kier alpha value is -2.61. The first-order valence-corrected chi connectivity index (χ1v) is 7.27. The van der Waals surface area contributed by atoms with Crippen LogP contribution < -0.4 is 10.1 Å². The van der Waals surface area contributed by atoms with Gasteiger partial charge in [0.25, 0.3) is 0 Å². The van der Waals surface area contributed by atoms with E-state index in [-0.39, 0.29) is 12.4 Å². The second kappa shape index (κ2) is 7.59. The first-order chi connectivity index (χ1) is 11.0. The van der Waals surface area contributed by atoms with Crippen molar-refractivity contribution in [2.45, 2.75) is 19.9 Å². The number of hydrogen-bond donors (Lipinski definition) is 1. The molecule has 0 radical (unpaired) electrons. The molecule has 0 atom stereocenters. The molecule has 0 spiro atoms. The highest BCUT2D eigenvalue weighted by Gasteiger charge is 2.15. The van der Waals surface area contributed by atoms with Gasteiger partial charge in [-0.2, -0.15) is 4.68 Å². The van der Waals surface area contributed by atoms with Crippen LogP contribution in [0.2, 0.25) is 5.02 Å². The summed E-state index contributed by atoms with van der Waals surface area (Å²) in [5.41, 5.74) is 0.442. The topological polar surface area (TPSA) is 99.3 Å². The molecule has 0 aliphatic carbocycles. The molecule has 9 heteroatoms. The molecule has 23 heavy (non-hydrogen) atoms. The summed E-state index contributed by atoms with van der Waals surface area (Å²) in [4.78, 5) is 22.0. The van der Waals surface area contributed by atoms with E-state index in [2.05, 4.69) is 10.4 Å². The number of ether oxygens (including phenoxy) is 1. The zero-order valence-corrected chi connectivity index (χ0v) is 13.1. The number of anilines is 1. The van der Waals surface area contributed by atoms with Crippen molar-refractivity contribution in [3.8, 4) is 5.75 Å². The van der Waals surface area contributed by atoms with Crippen molar-refractivity contribution in [3.05, 3.63) is 45.6 Å². The fraction of sp³-hybridized carbons (Fsp3) is 0.286. The first-order valence-electron chi connectivity index (χ1n) is 6.89. The van der Waals surface area contributed by atoms with E-state index in [1.807, 2.05) is 6.92 Å². The zero-order valence-electron chi connectivity index (χ0n) is 12.4. The number of hydrogen-bond acceptors (Lipinski definition) is 5. The maximum atomic E-state index is 12.1. The van der Waals surface area contributed by atoms with Crippen LogP contribution >= 0.6 is 11.6 Å². The molecule has 0 saturated carbocycles. The van der Waals surface area contributed by atoms with E-state index in [0.717, 1.165) is 6.42 Å². The molecule has 2 aromatic rings. The van der Waals surface area contributed by atoms with Gasteiger partial charge in [0.1, 0.15) is 12.3 Å². The molecule has 0 bridgehead atoms. The van der Waals surface area contributed by atoms with E-state index in [0.29, 0.717) is 23.1 Å². The van der Waals surface area contributed by atoms with Gasteiger partial charge in [0, 0.05) is 5.02 Å². The van der Waals surface area contributed by atoms with E-state index in [1.54, 1.807) is 18.2 Å². The first kappa shape index (κ1) is 16.8. The molecular weight excluding hydrogens is 324 g/mol. The van der Waals surface area contributed by atoms with E-state index >= 15 is 0 Å². The van der Waals surface area contributed by atoms with Gasteiger partial charge in [-0.1, -0.05) is 18.5 Å². The highest BCUT2D eigenvalue weighted by Crippen LogP contribution is 2.28. The Bertz CT molecular complexity index is 717. The summed E-state index contributed by atoms with van der Waals surface area (Å²) in [6, 6.07) is 6.14. The average molecular weight is 339 g/mol. The van der Waals surface area contributed by atoms with Crippen LogP contribution in [0.1, 0.15) is 13.3 Å². The van der Waals surface area contributed by atoms with E-state index in [1.165, 1.54) is 16.9 Å². The monoisotopic (exact) mass is 338 g/mol. The van der Waals surface area contributed by atoms with Crippen molar-refractivity contribution in [3.63, 3.8) is 0 Å². The third kappa shape index (κ3) is 4.68. The van der Waals surface area contributed by atoms with Crippen LogP contribution in [-0.4, -0.2) is 27.2 Å². The summed E-state index contributed by atoms with van der Waals surface area (Å²) < 4.78 is 6.73. The standard InChI is InChI=1S/C14H15ClN4O4/c1-2-7-23-12-4-3-10(15)8-11(12)16-14(20)9-18-6-5-13(17-18)19(21)22/h3-6,8H,2,7,9H2,1H3,(H,16,20). The van der Waals surface area contributed by atoms with Crippen molar-refractivity contribution in [1.82, 2.24) is 9.78 Å². The predicted molar refractivity (Wildman–Crippen MR) is 84.7 cm³/mol. The van der Waals surface area contributed by atoms with Gasteiger partial charge >= 0.3 is 5.82 Å². The fourth-order valence-electron chi connectivity index (χ4n) is 1.81. The molecule has 0 aliphatic heterocycles. The van der Waals surface area contributed by atoms with Crippen molar-refractivity contribution in [2.75, 3.05) is 11.9 Å². The Morgan fingerprint density at radius 3 is 2.91 bits per heavy atom. The van der Waals surface area contributed by atoms with Crippen LogP contribution in [0.4, 0.5) is 11.5 Å². The fourth-order valence-corrected chi connectivity index (χ4v) is 1.98. The SMILES string of the molecule is CCCOc1ccc(Cl)cc1NC(=O)Cn1ccc([N+](=O)[O-])n1. The summed E-state index contributed by atoms with van der Waals surface area (Å²) in [6.07, 6.45) is 2.19. The number of carbonyl (C=O) groups is 1. The molecular formula is C14H15ClN4O4. The molecule has 1 heterocycles. The van der Waals surface area contributed by atoms with Gasteiger partial charge in [-0.3, -0.25) is 4.79 Å². The lowest BCUT2D eigenvalue weighted by Crippen LogP contribution is -2.19. The third-order valence-corrected chi connectivity index (χ3v) is 3.03. The smallest absolute Gasteiger partial charge is 0.389 e. The summed E-state index contributed by atoms with van der Waals surface area (Å²) in [5.74, 6) is -0.199. The van der Waals surface area contributed by atoms with E-state index in [9.17, 15) is 14.9 Å². The van der Waals surface area contributed by atoms with Crippen LogP contribution in [0, 0.1) is 10.1 Å². The molecule has 8 nitrogen and oxygen atoms in total. The van der Waals surface area contributed by atoms with Crippen molar-refractivity contribution in [2.24, 2.45) is 0 Å². The molecule has 1 amide bonds. The number of aromatic nitrogens is 2. The van der Waals surface area contributed by atoms with Crippen LogP contribution in [-0.2, 0) is 11.3 Å². The minimum Gasteiger partial charge on any atom is -0.491 e. The summed E-state index contributed by atoms with van der Waals surface area (Å²) >= 11 is 5.93. The van der Waals surface area contributed by atoms with E-state index < -0.39 is 10.8 Å². The quantitative estimate of drug-likeness (QED) is 0.618. The number of carbonyl (C=O) groups excluding carboxylic acids is 1. The maximum absolute atomic E-state index is 12.1. The molecule has 0 unspecified atom stereocenters. The van der Waals surface area contributed by atoms with Crippen molar-refractivity contribution in [1.29, 1.82) is 0 Å². The number of benzene rings is 1. The van der Waals surface area contributed by atoms with Gasteiger partial charge in [0.2, 0.25) is 5.91 Å². The average Bonchev–Trinajstić information content (AvgIpc) is 2.95. The lowest BCUT2D eigenvalue weighted by Gasteiger charge is -2.12. The van der Waals surface area contributed by atoms with Crippen LogP contribution in [0.15, 0.2) is 30.5 Å². The second-order valence-electron chi connectivity index (χ2n) is 4.67. The molecule has 122 valence electrons. The summed E-state index contributed by atoms with van der Waals surface area (Å²) in [7, 11) is 0.